The molecule has 2 unspecified atom stereocenters. The van der Waals surface area contributed by atoms with Crippen LogP contribution in [0.25, 0.3) is 0 Å². The molecular formula is C18H30BrNO3. The van der Waals surface area contributed by atoms with Gasteiger partial charge >= 0.3 is 0 Å². The van der Waals surface area contributed by atoms with Crippen molar-refractivity contribution in [3.8, 4) is 0 Å². The summed E-state index contributed by atoms with van der Waals surface area (Å²) in [5, 5.41) is 0. The molecule has 4 saturated carbocycles. The minimum Gasteiger partial charge on any atom is -0.383 e. The monoisotopic (exact) mass is 387 g/mol. The zero-order chi connectivity index (χ0) is 16.5. The standard InChI is InChI=1S/C18H30BrNO3/c1-22-5-3-20(4-6-23-2)16(21)12-17-8-14-7-15(9-17)11-18(19,10-14)13-17/h14-15H,3-13H2,1-2H3. The average molecular weight is 388 g/mol. The molecule has 0 saturated heterocycles. The predicted molar refractivity (Wildman–Crippen MR) is 93.7 cm³/mol. The van der Waals surface area contributed by atoms with Crippen molar-refractivity contribution >= 4 is 21.8 Å². The summed E-state index contributed by atoms with van der Waals surface area (Å²) in [4.78, 5) is 14.9. The number of hydrogen-bond acceptors (Lipinski definition) is 3. The number of hydrogen-bond donors (Lipinski definition) is 0. The van der Waals surface area contributed by atoms with Gasteiger partial charge in [-0.25, -0.2) is 0 Å². The molecule has 23 heavy (non-hydrogen) atoms. The van der Waals surface area contributed by atoms with Crippen LogP contribution < -0.4 is 0 Å². The fraction of sp³-hybridized carbons (Fsp3) is 0.944. The van der Waals surface area contributed by atoms with Crippen molar-refractivity contribution < 1.29 is 14.3 Å². The molecular weight excluding hydrogens is 358 g/mol. The second kappa shape index (κ2) is 7.01. The van der Waals surface area contributed by atoms with Gasteiger partial charge in [0, 0.05) is 38.1 Å². The number of ether oxygens (including phenoxy) is 2. The highest BCUT2D eigenvalue weighted by atomic mass is 79.9. The molecule has 4 aliphatic carbocycles. The number of amides is 1. The lowest BCUT2D eigenvalue weighted by molar-refractivity contribution is -0.139. The molecule has 2 atom stereocenters. The van der Waals surface area contributed by atoms with Crippen LogP contribution in [0.4, 0.5) is 0 Å². The van der Waals surface area contributed by atoms with Crippen molar-refractivity contribution in [3.63, 3.8) is 0 Å². The van der Waals surface area contributed by atoms with Crippen molar-refractivity contribution in [2.75, 3.05) is 40.5 Å². The second-order valence-electron chi connectivity index (χ2n) is 8.16. The van der Waals surface area contributed by atoms with Gasteiger partial charge in [0.1, 0.15) is 0 Å². The lowest BCUT2D eigenvalue weighted by Crippen LogP contribution is -2.54. The van der Waals surface area contributed by atoms with Gasteiger partial charge in [0.05, 0.1) is 13.2 Å². The molecule has 4 aliphatic rings. The van der Waals surface area contributed by atoms with E-state index >= 15 is 0 Å². The summed E-state index contributed by atoms with van der Waals surface area (Å²) in [5.41, 5.74) is 0.239. The van der Waals surface area contributed by atoms with E-state index in [1.165, 1.54) is 38.5 Å². The Morgan fingerprint density at radius 2 is 1.65 bits per heavy atom. The topological polar surface area (TPSA) is 38.8 Å². The first-order valence-electron chi connectivity index (χ1n) is 8.92. The predicted octanol–water partition coefficient (Wildman–Crippen LogP) is 3.23. The van der Waals surface area contributed by atoms with Crippen LogP contribution in [0.3, 0.4) is 0 Å². The number of halogens is 1. The van der Waals surface area contributed by atoms with Crippen molar-refractivity contribution in [1.29, 1.82) is 0 Å². The zero-order valence-electron chi connectivity index (χ0n) is 14.5. The third-order valence-corrected chi connectivity index (χ3v) is 7.05. The van der Waals surface area contributed by atoms with Crippen LogP contribution in [0.5, 0.6) is 0 Å². The van der Waals surface area contributed by atoms with E-state index in [1.54, 1.807) is 14.2 Å². The molecule has 4 rings (SSSR count). The van der Waals surface area contributed by atoms with E-state index in [2.05, 4.69) is 15.9 Å². The highest BCUT2D eigenvalue weighted by Gasteiger charge is 2.57. The molecule has 4 bridgehead atoms. The summed E-state index contributed by atoms with van der Waals surface area (Å²) < 4.78 is 10.7. The lowest BCUT2D eigenvalue weighted by Gasteiger charge is -2.60. The lowest BCUT2D eigenvalue weighted by atomic mass is 9.48. The number of nitrogens with zero attached hydrogens (tertiary/aromatic N) is 1. The van der Waals surface area contributed by atoms with Crippen LogP contribution in [0.15, 0.2) is 0 Å². The maximum Gasteiger partial charge on any atom is 0.223 e. The second-order valence-corrected chi connectivity index (χ2v) is 9.84. The SMILES string of the molecule is COCCN(CCOC)C(=O)CC12CC3CC(CC(Br)(C3)C1)C2. The van der Waals surface area contributed by atoms with Gasteiger partial charge < -0.3 is 14.4 Å². The Bertz CT molecular complexity index is 420. The van der Waals surface area contributed by atoms with E-state index < -0.39 is 0 Å². The first-order chi connectivity index (χ1) is 11.0. The number of alkyl halides is 1. The van der Waals surface area contributed by atoms with E-state index in [1.807, 2.05) is 4.90 Å². The van der Waals surface area contributed by atoms with E-state index in [0.717, 1.165) is 11.8 Å². The molecule has 5 heteroatoms. The summed E-state index contributed by atoms with van der Waals surface area (Å²) in [6.07, 6.45) is 8.42. The molecule has 4 fully saturated rings. The van der Waals surface area contributed by atoms with Crippen molar-refractivity contribution in [1.82, 2.24) is 4.90 Å². The van der Waals surface area contributed by atoms with E-state index in [4.69, 9.17) is 9.47 Å². The van der Waals surface area contributed by atoms with Crippen LogP contribution in [-0.4, -0.2) is 55.7 Å². The fourth-order valence-corrected chi connectivity index (χ4v) is 7.25. The van der Waals surface area contributed by atoms with Crippen LogP contribution in [0, 0.1) is 17.3 Å². The molecule has 0 aromatic carbocycles. The van der Waals surface area contributed by atoms with Crippen molar-refractivity contribution in [2.45, 2.75) is 49.3 Å². The molecule has 132 valence electrons. The van der Waals surface area contributed by atoms with Gasteiger partial charge in [0.2, 0.25) is 5.91 Å². The summed E-state index contributed by atoms with van der Waals surface area (Å²) >= 11 is 4.04. The number of carbonyl (C=O) groups is 1. The van der Waals surface area contributed by atoms with Gasteiger partial charge in [0.25, 0.3) is 0 Å². The first-order valence-corrected chi connectivity index (χ1v) is 9.71. The largest absolute Gasteiger partial charge is 0.383 e. The summed E-state index contributed by atoms with van der Waals surface area (Å²) in [6.45, 7) is 2.52. The normalized spacial score (nSPS) is 38.0. The maximum absolute atomic E-state index is 12.9. The Labute approximate surface area is 148 Å². The number of carbonyl (C=O) groups excluding carboxylic acids is 1. The zero-order valence-corrected chi connectivity index (χ0v) is 16.1. The third kappa shape index (κ3) is 3.93. The maximum atomic E-state index is 12.9. The van der Waals surface area contributed by atoms with E-state index in [9.17, 15) is 4.79 Å². The molecule has 0 spiro atoms. The highest BCUT2D eigenvalue weighted by Crippen LogP contribution is 2.65. The summed E-state index contributed by atoms with van der Waals surface area (Å²) in [7, 11) is 3.37. The van der Waals surface area contributed by atoms with Gasteiger partial charge in [0.15, 0.2) is 0 Å². The van der Waals surface area contributed by atoms with Crippen molar-refractivity contribution in [2.24, 2.45) is 17.3 Å². The molecule has 0 aromatic rings. The molecule has 0 heterocycles. The Hall–Kier alpha value is -0.130. The van der Waals surface area contributed by atoms with Gasteiger partial charge in [-0.2, -0.15) is 0 Å². The molecule has 1 amide bonds. The number of methoxy groups -OCH3 is 2. The van der Waals surface area contributed by atoms with E-state index in [-0.39, 0.29) is 11.3 Å². The quantitative estimate of drug-likeness (QED) is 0.600. The fourth-order valence-electron chi connectivity index (χ4n) is 5.74. The Morgan fingerprint density at radius 3 is 2.13 bits per heavy atom. The van der Waals surface area contributed by atoms with Gasteiger partial charge in [-0.1, -0.05) is 15.9 Å². The van der Waals surface area contributed by atoms with Crippen molar-refractivity contribution in [3.05, 3.63) is 0 Å². The van der Waals surface area contributed by atoms with Crippen LogP contribution >= 0.6 is 15.9 Å². The smallest absolute Gasteiger partial charge is 0.223 e. The first kappa shape index (κ1) is 17.7. The minimum atomic E-state index is 0.239. The van der Waals surface area contributed by atoms with Crippen LogP contribution in [0.2, 0.25) is 0 Å². The van der Waals surface area contributed by atoms with Gasteiger partial charge in [-0.05, 0) is 55.8 Å². The Kier molecular flexibility index (Phi) is 5.39. The van der Waals surface area contributed by atoms with Crippen LogP contribution in [0.1, 0.15) is 44.9 Å². The molecule has 0 aromatic heterocycles. The number of rotatable bonds is 8. The highest BCUT2D eigenvalue weighted by molar-refractivity contribution is 9.10. The minimum absolute atomic E-state index is 0.239. The van der Waals surface area contributed by atoms with E-state index in [0.29, 0.717) is 37.0 Å². The molecule has 4 nitrogen and oxygen atoms in total. The molecule has 0 N–H and O–H groups in total. The average Bonchev–Trinajstić information content (AvgIpc) is 2.44. The van der Waals surface area contributed by atoms with Gasteiger partial charge in [-0.15, -0.1) is 0 Å². The van der Waals surface area contributed by atoms with Crippen LogP contribution in [-0.2, 0) is 14.3 Å². The Morgan fingerprint density at radius 1 is 1.09 bits per heavy atom. The molecule has 0 radical (unpaired) electrons. The Balaban J connectivity index is 1.65. The molecule has 0 aliphatic heterocycles. The summed E-state index contributed by atoms with van der Waals surface area (Å²) in [5.74, 6) is 1.95. The summed E-state index contributed by atoms with van der Waals surface area (Å²) in [6, 6.07) is 0. The van der Waals surface area contributed by atoms with Gasteiger partial charge in [-0.3, -0.25) is 4.79 Å². The third-order valence-electron chi connectivity index (χ3n) is 6.12.